The molecule has 0 radical (unpaired) electrons. The highest BCUT2D eigenvalue weighted by atomic mass is 16.6. The molecule has 8 heteroatoms. The maximum atomic E-state index is 11.5. The molecule has 0 rings (SSSR count). The minimum Gasteiger partial charge on any atom is -0.458 e. The Morgan fingerprint density at radius 1 is 1.05 bits per heavy atom. The Bertz CT molecular complexity index is 416. The fourth-order valence-corrected chi connectivity index (χ4v) is 0.999. The van der Waals surface area contributed by atoms with Gasteiger partial charge in [0.15, 0.2) is 5.78 Å². The first-order valence-electron chi connectivity index (χ1n) is 5.73. The molecule has 0 aromatic rings. The van der Waals surface area contributed by atoms with Crippen LogP contribution < -0.4 is 0 Å². The lowest BCUT2D eigenvalue weighted by atomic mass is 10.1. The molecule has 2 N–H and O–H groups in total. The smallest absolute Gasteiger partial charge is 0.375 e. The molecular weight excluding hydrogens is 272 g/mol. The maximum absolute atomic E-state index is 11.5. The van der Waals surface area contributed by atoms with Crippen molar-refractivity contribution in [3.8, 4) is 0 Å². The van der Waals surface area contributed by atoms with E-state index in [9.17, 15) is 29.4 Å². The van der Waals surface area contributed by atoms with Crippen LogP contribution in [0.1, 0.15) is 34.1 Å². The summed E-state index contributed by atoms with van der Waals surface area (Å²) < 4.78 is 8.99. The Balaban J connectivity index is 4.62. The standard InChI is InChI=1S/C12H18O8/c1-7(13)19-6-8(14)5-9(15)12(17,18)10(16)20-11(2,3)4/h17-18H,5-6H2,1-4H3. The summed E-state index contributed by atoms with van der Waals surface area (Å²) in [5.74, 6) is -8.04. The highest BCUT2D eigenvalue weighted by Gasteiger charge is 2.45. The predicted molar refractivity (Wildman–Crippen MR) is 64.3 cm³/mol. The monoisotopic (exact) mass is 290 g/mol. The number of aliphatic hydroxyl groups is 2. The summed E-state index contributed by atoms with van der Waals surface area (Å²) in [4.78, 5) is 44.6. The molecule has 0 heterocycles. The molecule has 0 saturated heterocycles. The van der Waals surface area contributed by atoms with E-state index in [4.69, 9.17) is 0 Å². The van der Waals surface area contributed by atoms with Gasteiger partial charge in [-0.3, -0.25) is 14.4 Å². The largest absolute Gasteiger partial charge is 0.458 e. The normalized spacial score (nSPS) is 11.7. The van der Waals surface area contributed by atoms with Gasteiger partial charge in [-0.25, -0.2) is 4.79 Å². The Hall–Kier alpha value is -1.80. The third-order valence-corrected chi connectivity index (χ3v) is 1.87. The van der Waals surface area contributed by atoms with Crippen LogP contribution in [0.5, 0.6) is 0 Å². The van der Waals surface area contributed by atoms with Crippen molar-refractivity contribution in [3.05, 3.63) is 0 Å². The van der Waals surface area contributed by atoms with Crippen LogP contribution in [0.15, 0.2) is 0 Å². The Morgan fingerprint density at radius 3 is 1.95 bits per heavy atom. The second-order valence-electron chi connectivity index (χ2n) is 5.09. The van der Waals surface area contributed by atoms with Gasteiger partial charge in [-0.1, -0.05) is 0 Å². The molecule has 8 nitrogen and oxygen atoms in total. The lowest BCUT2D eigenvalue weighted by Gasteiger charge is -2.25. The zero-order valence-electron chi connectivity index (χ0n) is 11.8. The fourth-order valence-electron chi connectivity index (χ4n) is 0.999. The molecule has 0 spiro atoms. The number of rotatable bonds is 6. The molecule has 0 unspecified atom stereocenters. The molecule has 114 valence electrons. The molecule has 0 aliphatic carbocycles. The van der Waals surface area contributed by atoms with Crippen molar-refractivity contribution >= 4 is 23.5 Å². The molecule has 0 aliphatic rings. The first-order valence-corrected chi connectivity index (χ1v) is 5.73. The second-order valence-corrected chi connectivity index (χ2v) is 5.09. The lowest BCUT2D eigenvalue weighted by Crippen LogP contribution is -2.50. The van der Waals surface area contributed by atoms with Gasteiger partial charge in [0.25, 0.3) is 0 Å². The third-order valence-electron chi connectivity index (χ3n) is 1.87. The highest BCUT2D eigenvalue weighted by molar-refractivity contribution is 6.12. The van der Waals surface area contributed by atoms with Crippen LogP contribution in [0, 0.1) is 0 Å². The van der Waals surface area contributed by atoms with Gasteiger partial charge in [-0.2, -0.15) is 0 Å². The summed E-state index contributed by atoms with van der Waals surface area (Å²) in [5.41, 5.74) is -1.03. The van der Waals surface area contributed by atoms with Gasteiger partial charge in [0.1, 0.15) is 12.2 Å². The molecule has 0 atom stereocenters. The Morgan fingerprint density at radius 2 is 1.55 bits per heavy atom. The summed E-state index contributed by atoms with van der Waals surface area (Å²) in [6.07, 6.45) is -0.973. The van der Waals surface area contributed by atoms with Gasteiger partial charge in [0.2, 0.25) is 5.78 Å². The summed E-state index contributed by atoms with van der Waals surface area (Å²) in [6, 6.07) is 0. The molecule has 0 amide bonds. The minimum atomic E-state index is -3.42. The van der Waals surface area contributed by atoms with Gasteiger partial charge >= 0.3 is 17.7 Å². The van der Waals surface area contributed by atoms with E-state index in [1.54, 1.807) is 0 Å². The van der Waals surface area contributed by atoms with Crippen molar-refractivity contribution in [1.82, 2.24) is 0 Å². The first kappa shape index (κ1) is 18.2. The van der Waals surface area contributed by atoms with Crippen molar-refractivity contribution in [2.24, 2.45) is 0 Å². The predicted octanol–water partition coefficient (Wildman–Crippen LogP) is -0.900. The van der Waals surface area contributed by atoms with Crippen molar-refractivity contribution in [3.63, 3.8) is 0 Å². The number of hydrogen-bond donors (Lipinski definition) is 2. The van der Waals surface area contributed by atoms with Crippen LogP contribution in [0.25, 0.3) is 0 Å². The number of carbonyl (C=O) groups excluding carboxylic acids is 4. The highest BCUT2D eigenvalue weighted by Crippen LogP contribution is 2.15. The summed E-state index contributed by atoms with van der Waals surface area (Å²) >= 11 is 0. The molecule has 0 saturated carbocycles. The quantitative estimate of drug-likeness (QED) is 0.366. The molecule has 20 heavy (non-hydrogen) atoms. The number of Topliss-reactive ketones (excluding diaryl/α,β-unsaturated/α-hetero) is 2. The van der Waals surface area contributed by atoms with Gasteiger partial charge in [-0.05, 0) is 20.8 Å². The molecule has 0 fully saturated rings. The summed E-state index contributed by atoms with van der Waals surface area (Å²) in [5, 5.41) is 18.8. The van der Waals surface area contributed by atoms with Crippen molar-refractivity contribution < 1.29 is 38.9 Å². The van der Waals surface area contributed by atoms with Crippen molar-refractivity contribution in [2.75, 3.05) is 6.61 Å². The average Bonchev–Trinajstić information content (AvgIpc) is 2.23. The van der Waals surface area contributed by atoms with Crippen LogP contribution in [0.2, 0.25) is 0 Å². The van der Waals surface area contributed by atoms with Gasteiger partial charge in [0.05, 0.1) is 6.42 Å². The van der Waals surface area contributed by atoms with Crippen LogP contribution in [0.4, 0.5) is 0 Å². The van der Waals surface area contributed by atoms with Crippen molar-refractivity contribution in [2.45, 2.75) is 45.5 Å². The fraction of sp³-hybridized carbons (Fsp3) is 0.667. The minimum absolute atomic E-state index is 0.689. The van der Waals surface area contributed by atoms with E-state index in [-0.39, 0.29) is 0 Å². The summed E-state index contributed by atoms with van der Waals surface area (Å²) in [6.45, 7) is 4.79. The topological polar surface area (TPSA) is 127 Å². The van der Waals surface area contributed by atoms with E-state index in [1.165, 1.54) is 20.8 Å². The first-order chi connectivity index (χ1) is 8.86. The average molecular weight is 290 g/mol. The zero-order valence-corrected chi connectivity index (χ0v) is 11.8. The molecule has 0 bridgehead atoms. The van der Waals surface area contributed by atoms with E-state index in [0.29, 0.717) is 0 Å². The maximum Gasteiger partial charge on any atom is 0.375 e. The lowest BCUT2D eigenvalue weighted by molar-refractivity contribution is -0.216. The number of carbonyl (C=O) groups is 4. The number of ketones is 2. The third kappa shape index (κ3) is 6.39. The second kappa shape index (κ2) is 6.58. The van der Waals surface area contributed by atoms with E-state index in [2.05, 4.69) is 9.47 Å². The number of ether oxygens (including phenoxy) is 2. The van der Waals surface area contributed by atoms with E-state index in [1.807, 2.05) is 0 Å². The van der Waals surface area contributed by atoms with Crippen molar-refractivity contribution in [1.29, 1.82) is 0 Å². The molecule has 0 aliphatic heterocycles. The van der Waals surface area contributed by atoms with Crippen LogP contribution in [-0.2, 0) is 28.7 Å². The van der Waals surface area contributed by atoms with Crippen LogP contribution in [0.3, 0.4) is 0 Å². The van der Waals surface area contributed by atoms with Gasteiger partial charge in [0, 0.05) is 6.92 Å². The summed E-state index contributed by atoms with van der Waals surface area (Å²) in [7, 11) is 0. The SMILES string of the molecule is CC(=O)OCC(=O)CC(=O)C(O)(O)C(=O)OC(C)(C)C. The van der Waals surface area contributed by atoms with E-state index >= 15 is 0 Å². The Kier molecular flexibility index (Phi) is 5.98. The number of hydrogen-bond acceptors (Lipinski definition) is 8. The van der Waals surface area contributed by atoms with E-state index in [0.717, 1.165) is 6.92 Å². The molecular formula is C12H18O8. The van der Waals surface area contributed by atoms with Gasteiger partial charge in [-0.15, -0.1) is 0 Å². The molecule has 0 aromatic carbocycles. The van der Waals surface area contributed by atoms with Gasteiger partial charge < -0.3 is 19.7 Å². The van der Waals surface area contributed by atoms with E-state index < -0.39 is 47.9 Å². The number of esters is 2. The van der Waals surface area contributed by atoms with Crippen LogP contribution >= 0.6 is 0 Å². The molecule has 0 aromatic heterocycles. The zero-order chi connectivity index (χ0) is 16.1. The Labute approximate surface area is 115 Å². The van der Waals surface area contributed by atoms with Crippen LogP contribution in [-0.4, -0.2) is 51.7 Å².